The fraction of sp³-hybridized carbons (Fsp3) is 0.0667. The van der Waals surface area contributed by atoms with Gasteiger partial charge in [0.05, 0.1) is 11.4 Å². The molecule has 3 heterocycles. The van der Waals surface area contributed by atoms with Gasteiger partial charge in [0.15, 0.2) is 5.65 Å². The molecule has 0 saturated carbocycles. The number of hydrogen-bond acceptors (Lipinski definition) is 7. The van der Waals surface area contributed by atoms with Crippen LogP contribution in [-0.4, -0.2) is 34.8 Å². The van der Waals surface area contributed by atoms with Crippen LogP contribution in [0.25, 0.3) is 11.3 Å². The lowest BCUT2D eigenvalue weighted by Crippen LogP contribution is -2.15. The summed E-state index contributed by atoms with van der Waals surface area (Å²) in [6.07, 6.45) is 1.45. The minimum atomic E-state index is -0.273. The molecule has 0 radical (unpaired) electrons. The Morgan fingerprint density at radius 3 is 2.92 bits per heavy atom. The van der Waals surface area contributed by atoms with Gasteiger partial charge >= 0.3 is 0 Å². The van der Waals surface area contributed by atoms with Crippen LogP contribution in [0.3, 0.4) is 0 Å². The average molecular weight is 350 g/mol. The number of H-pyrrole nitrogens is 1. The summed E-state index contributed by atoms with van der Waals surface area (Å²) in [5, 5.41) is 24.1. The molecule has 3 aromatic heterocycles. The van der Waals surface area contributed by atoms with E-state index in [9.17, 15) is 4.79 Å². The molecule has 0 atom stereocenters. The number of rotatable bonds is 4. The number of nitrogens with zero attached hydrogens (tertiary/aromatic N) is 7. The maximum absolute atomic E-state index is 12.1. The molecular formula is C15H10N8OS. The number of hydrogen-bond donors (Lipinski definition) is 1. The number of benzene rings is 1. The molecule has 0 bridgehead atoms. The fourth-order valence-corrected chi connectivity index (χ4v) is 3.11. The maximum Gasteiger partial charge on any atom is 0.272 e. The lowest BCUT2D eigenvalue weighted by Gasteiger charge is -2.04. The molecule has 0 unspecified atom stereocenters. The molecule has 4 rings (SSSR count). The van der Waals surface area contributed by atoms with Crippen molar-refractivity contribution in [1.29, 1.82) is 5.26 Å². The zero-order chi connectivity index (χ0) is 17.2. The molecule has 25 heavy (non-hydrogen) atoms. The summed E-state index contributed by atoms with van der Waals surface area (Å²) in [6.45, 7) is 0. The van der Waals surface area contributed by atoms with E-state index in [1.807, 2.05) is 36.4 Å². The molecule has 0 amide bonds. The number of aromatic amines is 1. The van der Waals surface area contributed by atoms with E-state index < -0.39 is 0 Å². The van der Waals surface area contributed by atoms with Crippen molar-refractivity contribution < 1.29 is 0 Å². The molecule has 0 fully saturated rings. The lowest BCUT2D eigenvalue weighted by molar-refractivity contribution is 0.756. The Labute approximate surface area is 144 Å². The van der Waals surface area contributed by atoms with E-state index in [1.165, 1.54) is 28.5 Å². The monoisotopic (exact) mass is 350 g/mol. The summed E-state index contributed by atoms with van der Waals surface area (Å²) in [5.41, 5.74) is 1.75. The van der Waals surface area contributed by atoms with Gasteiger partial charge in [-0.3, -0.25) is 9.89 Å². The van der Waals surface area contributed by atoms with Gasteiger partial charge in [-0.25, -0.2) is 9.50 Å². The number of tetrazole rings is 1. The highest BCUT2D eigenvalue weighted by molar-refractivity contribution is 7.98. The van der Waals surface area contributed by atoms with Crippen molar-refractivity contribution in [3.05, 3.63) is 64.2 Å². The Morgan fingerprint density at radius 2 is 2.12 bits per heavy atom. The molecule has 0 aliphatic rings. The third kappa shape index (κ3) is 2.77. The van der Waals surface area contributed by atoms with Crippen molar-refractivity contribution >= 4 is 17.4 Å². The van der Waals surface area contributed by atoms with E-state index in [-0.39, 0.29) is 5.56 Å². The van der Waals surface area contributed by atoms with Gasteiger partial charge in [0.1, 0.15) is 11.6 Å². The Kier molecular flexibility index (Phi) is 3.75. The molecule has 0 aliphatic heterocycles. The smallest absolute Gasteiger partial charge is 0.272 e. The molecule has 1 N–H and O–H groups in total. The fourth-order valence-electron chi connectivity index (χ4n) is 2.32. The van der Waals surface area contributed by atoms with Crippen LogP contribution >= 0.6 is 11.8 Å². The van der Waals surface area contributed by atoms with Gasteiger partial charge in [-0.1, -0.05) is 30.0 Å². The average Bonchev–Trinajstić information content (AvgIpc) is 3.27. The van der Waals surface area contributed by atoms with E-state index in [4.69, 9.17) is 5.26 Å². The highest BCUT2D eigenvalue weighted by Crippen LogP contribution is 2.21. The maximum atomic E-state index is 12.1. The Bertz CT molecular complexity index is 1140. The summed E-state index contributed by atoms with van der Waals surface area (Å²) in [6, 6.07) is 12.9. The number of fused-ring (bicyclic) bond motifs is 1. The van der Waals surface area contributed by atoms with Gasteiger partial charge in [0.2, 0.25) is 5.16 Å². The Hall–Kier alpha value is -3.45. The molecule has 4 aromatic rings. The first kappa shape index (κ1) is 15.1. The van der Waals surface area contributed by atoms with Crippen LogP contribution < -0.4 is 5.56 Å². The van der Waals surface area contributed by atoms with Crippen LogP contribution in [0.1, 0.15) is 11.3 Å². The van der Waals surface area contributed by atoms with E-state index in [1.54, 1.807) is 4.68 Å². The zero-order valence-corrected chi connectivity index (χ0v) is 13.5. The summed E-state index contributed by atoms with van der Waals surface area (Å²) in [4.78, 5) is 16.5. The Morgan fingerprint density at radius 1 is 1.28 bits per heavy atom. The second-order valence-corrected chi connectivity index (χ2v) is 5.98. The minimum Gasteiger partial charge on any atom is -0.295 e. The minimum absolute atomic E-state index is 0.273. The van der Waals surface area contributed by atoms with Crippen LogP contribution in [0.2, 0.25) is 0 Å². The first-order valence-corrected chi connectivity index (χ1v) is 8.21. The third-order valence-electron chi connectivity index (χ3n) is 3.46. The summed E-state index contributed by atoms with van der Waals surface area (Å²) < 4.78 is 2.85. The quantitative estimate of drug-likeness (QED) is 0.549. The van der Waals surface area contributed by atoms with Crippen molar-refractivity contribution in [1.82, 2.24) is 34.8 Å². The zero-order valence-electron chi connectivity index (χ0n) is 12.7. The van der Waals surface area contributed by atoms with Crippen molar-refractivity contribution in [2.24, 2.45) is 0 Å². The summed E-state index contributed by atoms with van der Waals surface area (Å²) >= 11 is 1.36. The Balaban J connectivity index is 1.63. The van der Waals surface area contributed by atoms with Crippen LogP contribution in [-0.2, 0) is 5.75 Å². The predicted octanol–water partition coefficient (Wildman–Crippen LogP) is 1.16. The number of thioether (sulfide) groups is 1. The van der Waals surface area contributed by atoms with Gasteiger partial charge < -0.3 is 0 Å². The van der Waals surface area contributed by atoms with Crippen LogP contribution in [0, 0.1) is 11.3 Å². The summed E-state index contributed by atoms with van der Waals surface area (Å²) in [7, 11) is 0. The van der Waals surface area contributed by atoms with Gasteiger partial charge in [0.25, 0.3) is 5.56 Å². The van der Waals surface area contributed by atoms with Gasteiger partial charge in [-0.05, 0) is 22.6 Å². The second-order valence-electron chi connectivity index (χ2n) is 5.04. The third-order valence-corrected chi connectivity index (χ3v) is 4.41. The number of para-hydroxylation sites is 1. The predicted molar refractivity (Wildman–Crippen MR) is 89.2 cm³/mol. The topological polar surface area (TPSA) is 118 Å². The highest BCUT2D eigenvalue weighted by atomic mass is 32.2. The van der Waals surface area contributed by atoms with Gasteiger partial charge in [-0.2, -0.15) is 9.94 Å². The standard InChI is InChI=1S/C15H10N8OS/c16-7-10-8-17-23-13(24)6-11(18-14(10)23)9-25-15-19-20-21-22(15)12-4-2-1-3-5-12/h1-6,8,17H,9H2. The number of nitriles is 1. The first-order valence-electron chi connectivity index (χ1n) is 7.23. The van der Waals surface area contributed by atoms with E-state index in [0.29, 0.717) is 27.8 Å². The molecule has 9 nitrogen and oxygen atoms in total. The highest BCUT2D eigenvalue weighted by Gasteiger charge is 2.12. The van der Waals surface area contributed by atoms with Crippen LogP contribution in [0.5, 0.6) is 0 Å². The second kappa shape index (κ2) is 6.21. The molecule has 10 heteroatoms. The lowest BCUT2D eigenvalue weighted by atomic mass is 10.3. The number of nitrogens with one attached hydrogen (secondary N) is 1. The normalized spacial score (nSPS) is 10.8. The molecule has 122 valence electrons. The summed E-state index contributed by atoms with van der Waals surface area (Å²) in [5.74, 6) is 0.398. The van der Waals surface area contributed by atoms with Crippen molar-refractivity contribution in [3.63, 3.8) is 0 Å². The van der Waals surface area contributed by atoms with Gasteiger partial charge in [0, 0.05) is 18.0 Å². The van der Waals surface area contributed by atoms with Crippen molar-refractivity contribution in [2.75, 3.05) is 0 Å². The van der Waals surface area contributed by atoms with Gasteiger partial charge in [-0.15, -0.1) is 5.10 Å². The van der Waals surface area contributed by atoms with E-state index in [2.05, 4.69) is 25.6 Å². The first-order chi connectivity index (χ1) is 12.3. The molecule has 0 aliphatic carbocycles. The van der Waals surface area contributed by atoms with Crippen molar-refractivity contribution in [3.8, 4) is 11.8 Å². The molecular weight excluding hydrogens is 340 g/mol. The van der Waals surface area contributed by atoms with E-state index in [0.717, 1.165) is 5.69 Å². The molecule has 0 spiro atoms. The van der Waals surface area contributed by atoms with Crippen molar-refractivity contribution in [2.45, 2.75) is 10.9 Å². The number of aromatic nitrogens is 7. The van der Waals surface area contributed by atoms with Crippen LogP contribution in [0.4, 0.5) is 0 Å². The SMILES string of the molecule is N#Cc1c[nH]n2c(=O)cc(CSc3nnnn3-c3ccccc3)nc12. The largest absolute Gasteiger partial charge is 0.295 e. The van der Waals surface area contributed by atoms with E-state index >= 15 is 0 Å². The molecule has 0 saturated heterocycles. The molecule has 1 aromatic carbocycles. The van der Waals surface area contributed by atoms with Crippen LogP contribution in [0.15, 0.2) is 52.5 Å².